The third-order valence-corrected chi connectivity index (χ3v) is 6.13. The van der Waals surface area contributed by atoms with Gasteiger partial charge in [0.15, 0.2) is 0 Å². The third kappa shape index (κ3) is 2.93. The van der Waals surface area contributed by atoms with E-state index >= 15 is 0 Å². The number of nitrogens with one attached hydrogen (secondary N) is 1. The SMILES string of the molecule is NC(=S)c1ccc(S(=O)(=O)NC2CC3CCC2O3)c(Cl)c1. The van der Waals surface area contributed by atoms with Crippen LogP contribution in [-0.4, -0.2) is 31.7 Å². The Morgan fingerprint density at radius 2 is 2.19 bits per heavy atom. The Balaban J connectivity index is 1.83. The predicted molar refractivity (Wildman–Crippen MR) is 84.0 cm³/mol. The zero-order valence-electron chi connectivity index (χ0n) is 11.1. The minimum atomic E-state index is -3.69. The molecular formula is C13H15ClN2O3S2. The molecule has 114 valence electrons. The van der Waals surface area contributed by atoms with Gasteiger partial charge in [0.2, 0.25) is 10.0 Å². The predicted octanol–water partition coefficient (Wildman–Crippen LogP) is 1.57. The van der Waals surface area contributed by atoms with E-state index in [0.717, 1.165) is 12.8 Å². The molecule has 0 aliphatic carbocycles. The number of thiocarbonyl (C=S) groups is 1. The van der Waals surface area contributed by atoms with E-state index in [1.807, 2.05) is 0 Å². The van der Waals surface area contributed by atoms with Gasteiger partial charge in [0, 0.05) is 5.56 Å². The molecule has 3 rings (SSSR count). The molecule has 0 saturated carbocycles. The van der Waals surface area contributed by atoms with Crippen LogP contribution in [0.2, 0.25) is 5.02 Å². The van der Waals surface area contributed by atoms with Gasteiger partial charge in [-0.15, -0.1) is 0 Å². The van der Waals surface area contributed by atoms with Gasteiger partial charge in [0.25, 0.3) is 0 Å². The normalized spacial score (nSPS) is 28.0. The molecular weight excluding hydrogens is 332 g/mol. The van der Waals surface area contributed by atoms with Crippen molar-refractivity contribution in [2.45, 2.75) is 42.4 Å². The lowest BCUT2D eigenvalue weighted by Gasteiger charge is -2.20. The van der Waals surface area contributed by atoms with Crippen LogP contribution in [0.3, 0.4) is 0 Å². The smallest absolute Gasteiger partial charge is 0.242 e. The standard InChI is InChI=1S/C13H15ClN2O3S2/c14-9-5-7(13(15)20)1-4-12(9)21(17,18)16-10-6-8-2-3-11(10)19-8/h1,4-5,8,10-11,16H,2-3,6H2,(H2,15,20). The first-order valence-electron chi connectivity index (χ1n) is 6.64. The van der Waals surface area contributed by atoms with Crippen LogP contribution in [0.1, 0.15) is 24.8 Å². The van der Waals surface area contributed by atoms with Crippen molar-refractivity contribution < 1.29 is 13.2 Å². The van der Waals surface area contributed by atoms with E-state index in [4.69, 9.17) is 34.3 Å². The van der Waals surface area contributed by atoms with Crippen LogP contribution >= 0.6 is 23.8 Å². The number of nitrogens with two attached hydrogens (primary N) is 1. The molecule has 2 saturated heterocycles. The van der Waals surface area contributed by atoms with Crippen molar-refractivity contribution in [2.75, 3.05) is 0 Å². The number of rotatable bonds is 4. The van der Waals surface area contributed by atoms with Gasteiger partial charge in [0.05, 0.1) is 23.3 Å². The van der Waals surface area contributed by atoms with Crippen molar-refractivity contribution in [3.8, 4) is 0 Å². The molecule has 0 aromatic heterocycles. The summed E-state index contributed by atoms with van der Waals surface area (Å²) in [5, 5.41) is 0.108. The van der Waals surface area contributed by atoms with Gasteiger partial charge >= 0.3 is 0 Å². The average Bonchev–Trinajstić information content (AvgIpc) is 2.99. The molecule has 5 nitrogen and oxygen atoms in total. The maximum absolute atomic E-state index is 12.5. The molecule has 1 aromatic carbocycles. The third-order valence-electron chi connectivity index (χ3n) is 3.92. The maximum Gasteiger partial charge on any atom is 0.242 e. The minimum Gasteiger partial charge on any atom is -0.389 e. The lowest BCUT2D eigenvalue weighted by atomic mass is 9.96. The summed E-state index contributed by atoms with van der Waals surface area (Å²) in [7, 11) is -3.69. The van der Waals surface area contributed by atoms with E-state index in [1.54, 1.807) is 6.07 Å². The summed E-state index contributed by atoms with van der Waals surface area (Å²) in [6.07, 6.45) is 2.76. The topological polar surface area (TPSA) is 81.4 Å². The van der Waals surface area contributed by atoms with Crippen molar-refractivity contribution in [1.82, 2.24) is 4.72 Å². The van der Waals surface area contributed by atoms with Crippen LogP contribution in [0, 0.1) is 0 Å². The van der Waals surface area contributed by atoms with Crippen LogP contribution in [-0.2, 0) is 14.8 Å². The summed E-state index contributed by atoms with van der Waals surface area (Å²) in [5.41, 5.74) is 6.05. The second-order valence-corrected chi connectivity index (χ2v) is 7.88. The summed E-state index contributed by atoms with van der Waals surface area (Å²) >= 11 is 10.9. The van der Waals surface area contributed by atoms with Gasteiger partial charge in [-0.3, -0.25) is 0 Å². The number of hydrogen-bond donors (Lipinski definition) is 2. The Kier molecular flexibility index (Phi) is 3.96. The number of sulfonamides is 1. The average molecular weight is 347 g/mol. The monoisotopic (exact) mass is 346 g/mol. The van der Waals surface area contributed by atoms with E-state index in [9.17, 15) is 8.42 Å². The Bertz CT molecular complexity index is 693. The molecule has 8 heteroatoms. The molecule has 0 spiro atoms. The lowest BCUT2D eigenvalue weighted by Crippen LogP contribution is -2.41. The van der Waals surface area contributed by atoms with Crippen molar-refractivity contribution in [1.29, 1.82) is 0 Å². The Morgan fingerprint density at radius 1 is 1.43 bits per heavy atom. The van der Waals surface area contributed by atoms with Gasteiger partial charge in [-0.1, -0.05) is 29.9 Å². The van der Waals surface area contributed by atoms with Crippen molar-refractivity contribution in [3.05, 3.63) is 28.8 Å². The zero-order chi connectivity index (χ0) is 15.2. The fourth-order valence-electron chi connectivity index (χ4n) is 2.90. The minimum absolute atomic E-state index is 0.0283. The first-order valence-corrected chi connectivity index (χ1v) is 8.91. The van der Waals surface area contributed by atoms with E-state index in [2.05, 4.69) is 4.72 Å². The molecule has 2 fully saturated rings. The Labute approximate surface area is 133 Å². The highest BCUT2D eigenvalue weighted by atomic mass is 35.5. The summed E-state index contributed by atoms with van der Waals surface area (Å²) in [6, 6.07) is 4.27. The highest BCUT2D eigenvalue weighted by Crippen LogP contribution is 2.35. The summed E-state index contributed by atoms with van der Waals surface area (Å²) < 4.78 is 33.2. The number of halogens is 1. The van der Waals surface area contributed by atoms with Crippen molar-refractivity contribution in [3.63, 3.8) is 0 Å². The van der Waals surface area contributed by atoms with E-state index in [0.29, 0.717) is 12.0 Å². The molecule has 2 bridgehead atoms. The van der Waals surface area contributed by atoms with Crippen LogP contribution in [0.5, 0.6) is 0 Å². The quantitative estimate of drug-likeness (QED) is 0.809. The van der Waals surface area contributed by atoms with Crippen LogP contribution < -0.4 is 10.5 Å². The molecule has 1 aromatic rings. The maximum atomic E-state index is 12.5. The second kappa shape index (κ2) is 5.48. The first-order chi connectivity index (χ1) is 9.87. The number of benzene rings is 1. The Hall–Kier alpha value is -0.730. The fourth-order valence-corrected chi connectivity index (χ4v) is 4.85. The number of hydrogen-bond acceptors (Lipinski definition) is 4. The van der Waals surface area contributed by atoms with E-state index in [1.165, 1.54) is 12.1 Å². The summed E-state index contributed by atoms with van der Waals surface area (Å²) in [5.74, 6) is 0. The molecule has 0 radical (unpaired) electrons. The second-order valence-electron chi connectivity index (χ2n) is 5.35. The molecule has 2 aliphatic rings. The van der Waals surface area contributed by atoms with Crippen molar-refractivity contribution >= 4 is 38.8 Å². The number of ether oxygens (including phenoxy) is 1. The largest absolute Gasteiger partial charge is 0.389 e. The van der Waals surface area contributed by atoms with Gasteiger partial charge in [-0.25, -0.2) is 13.1 Å². The van der Waals surface area contributed by atoms with E-state index < -0.39 is 10.0 Å². The highest BCUT2D eigenvalue weighted by molar-refractivity contribution is 7.89. The van der Waals surface area contributed by atoms with Gasteiger partial charge in [-0.2, -0.15) is 0 Å². The molecule has 3 unspecified atom stereocenters. The van der Waals surface area contributed by atoms with E-state index in [-0.39, 0.29) is 33.2 Å². The van der Waals surface area contributed by atoms with Gasteiger partial charge in [-0.05, 0) is 31.4 Å². The summed E-state index contributed by atoms with van der Waals surface area (Å²) in [4.78, 5) is 0.210. The highest BCUT2D eigenvalue weighted by Gasteiger charge is 2.42. The molecule has 2 heterocycles. The summed E-state index contributed by atoms with van der Waals surface area (Å²) in [6.45, 7) is 0. The lowest BCUT2D eigenvalue weighted by molar-refractivity contribution is 0.0996. The van der Waals surface area contributed by atoms with Crippen LogP contribution in [0.15, 0.2) is 23.1 Å². The molecule has 3 N–H and O–H groups in total. The number of fused-ring (bicyclic) bond motifs is 2. The van der Waals surface area contributed by atoms with Crippen LogP contribution in [0.25, 0.3) is 0 Å². The van der Waals surface area contributed by atoms with Crippen molar-refractivity contribution in [2.24, 2.45) is 5.73 Å². The van der Waals surface area contributed by atoms with Gasteiger partial charge in [0.1, 0.15) is 9.88 Å². The zero-order valence-corrected chi connectivity index (χ0v) is 13.5. The molecule has 0 amide bonds. The molecule has 2 aliphatic heterocycles. The molecule has 21 heavy (non-hydrogen) atoms. The first kappa shape index (κ1) is 15.2. The Morgan fingerprint density at radius 3 is 2.71 bits per heavy atom. The molecule has 3 atom stereocenters. The fraction of sp³-hybridized carbons (Fsp3) is 0.462. The van der Waals surface area contributed by atoms with Gasteiger partial charge < -0.3 is 10.5 Å². The van der Waals surface area contributed by atoms with Crippen LogP contribution in [0.4, 0.5) is 0 Å².